The summed E-state index contributed by atoms with van der Waals surface area (Å²) in [6.45, 7) is 0.404. The highest BCUT2D eigenvalue weighted by Gasteiger charge is 2.23. The summed E-state index contributed by atoms with van der Waals surface area (Å²) in [7, 11) is 0. The van der Waals surface area contributed by atoms with Crippen LogP contribution in [0.4, 0.5) is 20.2 Å². The van der Waals surface area contributed by atoms with E-state index in [1.54, 1.807) is 18.2 Å². The van der Waals surface area contributed by atoms with Crippen molar-refractivity contribution in [2.24, 2.45) is 5.92 Å². The van der Waals surface area contributed by atoms with E-state index in [1.165, 1.54) is 6.07 Å². The van der Waals surface area contributed by atoms with Crippen molar-refractivity contribution in [3.8, 4) is 0 Å². The first-order valence-corrected chi connectivity index (χ1v) is 9.04. The van der Waals surface area contributed by atoms with Gasteiger partial charge >= 0.3 is 0 Å². The van der Waals surface area contributed by atoms with Gasteiger partial charge in [0.2, 0.25) is 0 Å². The second-order valence-electron chi connectivity index (χ2n) is 5.70. The van der Waals surface area contributed by atoms with E-state index in [0.29, 0.717) is 23.2 Å². The van der Waals surface area contributed by atoms with Crippen LogP contribution in [0, 0.1) is 21.1 Å². The van der Waals surface area contributed by atoms with Crippen LogP contribution < -0.4 is 10.8 Å². The van der Waals surface area contributed by atoms with Crippen molar-refractivity contribution in [3.63, 3.8) is 0 Å². The number of nitrogens with one attached hydrogen (secondary N) is 2. The Bertz CT molecular complexity index is 815. The van der Waals surface area contributed by atoms with Crippen LogP contribution in [0.1, 0.15) is 23.2 Å². The van der Waals surface area contributed by atoms with Crippen LogP contribution >= 0.6 is 34.2 Å². The van der Waals surface area contributed by atoms with Crippen LogP contribution in [0.2, 0.25) is 5.02 Å². The summed E-state index contributed by atoms with van der Waals surface area (Å²) in [6.07, 6.45) is 2.14. The number of anilines is 2. The molecule has 0 atom stereocenters. The van der Waals surface area contributed by atoms with E-state index in [1.807, 2.05) is 22.6 Å². The molecule has 3 rings (SSSR count). The number of benzene rings is 2. The van der Waals surface area contributed by atoms with Gasteiger partial charge in [-0.15, -0.1) is 0 Å². The molecule has 0 radical (unpaired) electrons. The van der Waals surface area contributed by atoms with E-state index in [4.69, 9.17) is 16.4 Å². The third-order valence-electron chi connectivity index (χ3n) is 3.73. The van der Waals surface area contributed by atoms with Gasteiger partial charge in [-0.2, -0.15) is 0 Å². The topological polar surface area (TPSA) is 50.4 Å². The van der Waals surface area contributed by atoms with Crippen molar-refractivity contribution in [2.75, 3.05) is 11.9 Å². The molecular formula is C17H14ClF2IN2O2. The van der Waals surface area contributed by atoms with Crippen molar-refractivity contribution in [2.45, 2.75) is 12.8 Å². The molecule has 2 aromatic rings. The maximum atomic E-state index is 14.3. The molecule has 0 aliphatic heterocycles. The molecule has 1 aliphatic rings. The first-order valence-electron chi connectivity index (χ1n) is 7.58. The first kappa shape index (κ1) is 18.3. The highest BCUT2D eigenvalue weighted by molar-refractivity contribution is 14.1. The quantitative estimate of drug-likeness (QED) is 0.452. The van der Waals surface area contributed by atoms with Gasteiger partial charge in [0, 0.05) is 3.57 Å². The lowest BCUT2D eigenvalue weighted by atomic mass is 10.1. The van der Waals surface area contributed by atoms with Gasteiger partial charge in [-0.25, -0.2) is 14.3 Å². The molecule has 1 fully saturated rings. The summed E-state index contributed by atoms with van der Waals surface area (Å²) < 4.78 is 28.7. The number of hydrogen-bond acceptors (Lipinski definition) is 3. The molecule has 1 amide bonds. The average Bonchev–Trinajstić information content (AvgIpc) is 3.40. The predicted octanol–water partition coefficient (Wildman–Crippen LogP) is 5.04. The van der Waals surface area contributed by atoms with Gasteiger partial charge in [-0.05, 0) is 65.6 Å². The molecule has 0 heterocycles. The number of halogens is 4. The van der Waals surface area contributed by atoms with Gasteiger partial charge in [0.05, 0.1) is 28.6 Å². The van der Waals surface area contributed by atoms with Crippen molar-refractivity contribution in [1.29, 1.82) is 0 Å². The van der Waals surface area contributed by atoms with E-state index in [9.17, 15) is 13.6 Å². The van der Waals surface area contributed by atoms with Gasteiger partial charge in [0.25, 0.3) is 5.91 Å². The Morgan fingerprint density at radius 2 is 2.04 bits per heavy atom. The van der Waals surface area contributed by atoms with Crippen molar-refractivity contribution in [3.05, 3.63) is 56.1 Å². The predicted molar refractivity (Wildman–Crippen MR) is 100.0 cm³/mol. The molecule has 2 N–H and O–H groups in total. The summed E-state index contributed by atoms with van der Waals surface area (Å²) in [5.41, 5.74) is 2.26. The van der Waals surface area contributed by atoms with E-state index in [-0.39, 0.29) is 11.3 Å². The lowest BCUT2D eigenvalue weighted by Gasteiger charge is -2.15. The standard InChI is InChI=1S/C17H14ClF2IN2O2/c18-14-12(21)2-1-3-13(14)22-16-10(6-7-11(19)15(16)20)17(24)23-25-8-9-4-5-9/h1-3,6-7,9,22H,4-5,8H2,(H,23,24). The maximum absolute atomic E-state index is 14.3. The lowest BCUT2D eigenvalue weighted by molar-refractivity contribution is 0.0270. The highest BCUT2D eigenvalue weighted by atomic mass is 127. The average molecular weight is 479 g/mol. The zero-order chi connectivity index (χ0) is 18.0. The van der Waals surface area contributed by atoms with Crippen LogP contribution in [0.15, 0.2) is 30.3 Å². The molecule has 8 heteroatoms. The van der Waals surface area contributed by atoms with E-state index in [0.717, 1.165) is 22.5 Å². The number of hydroxylamine groups is 1. The molecule has 25 heavy (non-hydrogen) atoms. The van der Waals surface area contributed by atoms with Crippen LogP contribution in [0.3, 0.4) is 0 Å². The highest BCUT2D eigenvalue weighted by Crippen LogP contribution is 2.33. The first-order chi connectivity index (χ1) is 12.0. The number of hydrogen-bond donors (Lipinski definition) is 2. The smallest absolute Gasteiger partial charge is 0.277 e. The Labute approximate surface area is 162 Å². The molecular weight excluding hydrogens is 465 g/mol. The van der Waals surface area contributed by atoms with Gasteiger partial charge in [-0.1, -0.05) is 17.7 Å². The zero-order valence-electron chi connectivity index (χ0n) is 12.9. The Hall–Kier alpha value is -1.45. The second-order valence-corrected chi connectivity index (χ2v) is 7.24. The fourth-order valence-corrected chi connectivity index (χ4v) is 2.83. The molecule has 4 nitrogen and oxygen atoms in total. The van der Waals surface area contributed by atoms with Gasteiger partial charge in [0.15, 0.2) is 11.6 Å². The van der Waals surface area contributed by atoms with Crippen molar-refractivity contribution < 1.29 is 18.4 Å². The Morgan fingerprint density at radius 1 is 1.28 bits per heavy atom. The molecule has 132 valence electrons. The summed E-state index contributed by atoms with van der Waals surface area (Å²) >= 11 is 8.20. The third kappa shape index (κ3) is 4.39. The number of carbonyl (C=O) groups excluding carboxylic acids is 1. The molecule has 1 saturated carbocycles. The summed E-state index contributed by atoms with van der Waals surface area (Å²) in [5, 5.41) is 3.07. The minimum absolute atomic E-state index is 0.0791. The van der Waals surface area contributed by atoms with Gasteiger partial charge in [0.1, 0.15) is 0 Å². The normalized spacial score (nSPS) is 13.6. The SMILES string of the molecule is O=C(NOCC1CC1)c1ccc(F)c(F)c1Nc1cccc(I)c1Cl. The molecule has 0 spiro atoms. The van der Waals surface area contributed by atoms with Crippen LogP contribution in [0.25, 0.3) is 0 Å². The van der Waals surface area contributed by atoms with Crippen molar-refractivity contribution >= 4 is 51.5 Å². The Balaban J connectivity index is 1.86. The van der Waals surface area contributed by atoms with Crippen molar-refractivity contribution in [1.82, 2.24) is 5.48 Å². The number of rotatable bonds is 6. The van der Waals surface area contributed by atoms with Gasteiger partial charge in [-0.3, -0.25) is 9.63 Å². The van der Waals surface area contributed by atoms with E-state index >= 15 is 0 Å². The summed E-state index contributed by atoms with van der Waals surface area (Å²) in [4.78, 5) is 17.4. The summed E-state index contributed by atoms with van der Waals surface area (Å²) in [5.74, 6) is -2.44. The van der Waals surface area contributed by atoms with Crippen LogP contribution in [-0.4, -0.2) is 12.5 Å². The molecule has 1 aliphatic carbocycles. The Morgan fingerprint density at radius 3 is 2.76 bits per heavy atom. The molecule has 0 unspecified atom stereocenters. The van der Waals surface area contributed by atoms with Crippen LogP contribution in [-0.2, 0) is 4.84 Å². The second kappa shape index (κ2) is 7.84. The number of carbonyl (C=O) groups is 1. The molecule has 0 saturated heterocycles. The number of amides is 1. The molecule has 2 aromatic carbocycles. The lowest BCUT2D eigenvalue weighted by Crippen LogP contribution is -2.26. The van der Waals surface area contributed by atoms with E-state index in [2.05, 4.69) is 10.8 Å². The fraction of sp³-hybridized carbons (Fsp3) is 0.235. The maximum Gasteiger partial charge on any atom is 0.277 e. The molecule has 0 aromatic heterocycles. The van der Waals surface area contributed by atoms with E-state index < -0.39 is 17.5 Å². The van der Waals surface area contributed by atoms with Crippen LogP contribution in [0.5, 0.6) is 0 Å². The zero-order valence-corrected chi connectivity index (χ0v) is 15.8. The third-order valence-corrected chi connectivity index (χ3v) is 5.36. The fourth-order valence-electron chi connectivity index (χ4n) is 2.16. The van der Waals surface area contributed by atoms with Gasteiger partial charge < -0.3 is 5.32 Å². The largest absolute Gasteiger partial charge is 0.351 e. The minimum Gasteiger partial charge on any atom is -0.351 e. The minimum atomic E-state index is -1.16. The summed E-state index contributed by atoms with van der Waals surface area (Å²) in [6, 6.07) is 7.19. The monoisotopic (exact) mass is 478 g/mol. The Kier molecular flexibility index (Phi) is 5.75. The molecule has 0 bridgehead atoms.